The van der Waals surface area contributed by atoms with Crippen molar-refractivity contribution in [2.24, 2.45) is 0 Å². The van der Waals surface area contributed by atoms with Gasteiger partial charge in [-0.05, 0) is 24.1 Å². The molecule has 1 aromatic heterocycles. The predicted octanol–water partition coefficient (Wildman–Crippen LogP) is 0.859. The molecule has 0 aliphatic carbocycles. The van der Waals surface area contributed by atoms with Gasteiger partial charge in [-0.25, -0.2) is 9.78 Å². The largest absolute Gasteiger partial charge is 0.478 e. The molecule has 3 rings (SSSR count). The predicted molar refractivity (Wildman–Crippen MR) is 70.2 cm³/mol. The van der Waals surface area contributed by atoms with Gasteiger partial charge in [-0.15, -0.1) is 0 Å². The van der Waals surface area contributed by atoms with Gasteiger partial charge < -0.3 is 10.1 Å². The Bertz CT molecular complexity index is 768. The fourth-order valence-electron chi connectivity index (χ4n) is 2.24. The van der Waals surface area contributed by atoms with E-state index in [-0.39, 0.29) is 10.6 Å². The molecule has 104 valence electrons. The molecule has 0 amide bonds. The lowest BCUT2D eigenvalue weighted by Gasteiger charge is -2.18. The average Bonchev–Trinajstić information content (AvgIpc) is 3.07. The smallest absolute Gasteiger partial charge is 0.335 e. The Morgan fingerprint density at radius 1 is 1.40 bits per heavy atom. The van der Waals surface area contributed by atoms with E-state index in [1.54, 1.807) is 6.07 Å². The third-order valence-corrected chi connectivity index (χ3v) is 4.96. The van der Waals surface area contributed by atoms with Crippen LogP contribution in [0.4, 0.5) is 5.69 Å². The zero-order chi connectivity index (χ0) is 14.3. The molecule has 0 unspecified atom stereocenters. The number of carbonyl (C=O) groups is 1. The number of benzene rings is 1. The first kappa shape index (κ1) is 12.7. The van der Waals surface area contributed by atoms with Gasteiger partial charge in [0, 0.05) is 6.54 Å². The molecule has 2 N–H and O–H groups in total. The van der Waals surface area contributed by atoms with E-state index >= 15 is 0 Å². The Labute approximate surface area is 114 Å². The number of carboxylic acid groups (broad SMARTS) is 1. The molecule has 1 aliphatic rings. The maximum absolute atomic E-state index is 12.4. The summed E-state index contributed by atoms with van der Waals surface area (Å²) in [6.45, 7) is 0.291. The highest BCUT2D eigenvalue weighted by atomic mass is 32.2. The second-order valence-corrected chi connectivity index (χ2v) is 6.22. The van der Waals surface area contributed by atoms with Crippen molar-refractivity contribution in [3.8, 4) is 0 Å². The number of aromatic carboxylic acids is 1. The number of hydrogen-bond donors (Lipinski definition) is 2. The van der Waals surface area contributed by atoms with E-state index in [0.717, 1.165) is 5.56 Å². The number of imidazole rings is 1. The molecule has 7 nitrogen and oxygen atoms in total. The van der Waals surface area contributed by atoms with E-state index in [9.17, 15) is 13.2 Å². The minimum absolute atomic E-state index is 0.00826. The van der Waals surface area contributed by atoms with Crippen molar-refractivity contribution < 1.29 is 18.3 Å². The minimum Gasteiger partial charge on any atom is -0.478 e. The highest BCUT2D eigenvalue weighted by Crippen LogP contribution is 2.33. The molecule has 1 aromatic carbocycles. The lowest BCUT2D eigenvalue weighted by atomic mass is 10.1. The van der Waals surface area contributed by atoms with E-state index in [0.29, 0.717) is 18.7 Å². The lowest BCUT2D eigenvalue weighted by molar-refractivity contribution is 0.0697. The van der Waals surface area contributed by atoms with Crippen molar-refractivity contribution in [1.29, 1.82) is 0 Å². The molecule has 2 aromatic rings. The fourth-order valence-corrected chi connectivity index (χ4v) is 3.63. The number of aromatic amines is 1. The molecule has 0 radical (unpaired) electrons. The van der Waals surface area contributed by atoms with Crippen molar-refractivity contribution in [3.05, 3.63) is 41.9 Å². The van der Waals surface area contributed by atoms with E-state index in [1.165, 1.54) is 29.0 Å². The third kappa shape index (κ3) is 1.85. The van der Waals surface area contributed by atoms with Crippen LogP contribution in [0.15, 0.2) is 35.7 Å². The van der Waals surface area contributed by atoms with Crippen molar-refractivity contribution in [1.82, 2.24) is 9.97 Å². The van der Waals surface area contributed by atoms with Gasteiger partial charge in [-0.2, -0.15) is 8.42 Å². The highest BCUT2D eigenvalue weighted by molar-refractivity contribution is 7.92. The lowest BCUT2D eigenvalue weighted by Crippen LogP contribution is -2.29. The summed E-state index contributed by atoms with van der Waals surface area (Å²) in [4.78, 5) is 17.3. The number of fused-ring (bicyclic) bond motifs is 1. The van der Waals surface area contributed by atoms with E-state index in [4.69, 9.17) is 5.11 Å². The van der Waals surface area contributed by atoms with Crippen molar-refractivity contribution in [2.45, 2.75) is 11.4 Å². The van der Waals surface area contributed by atoms with Crippen LogP contribution in [0.1, 0.15) is 15.9 Å². The number of aromatic nitrogens is 2. The third-order valence-electron chi connectivity index (χ3n) is 3.23. The number of carboxylic acids is 1. The summed E-state index contributed by atoms with van der Waals surface area (Å²) in [6, 6.07) is 4.52. The summed E-state index contributed by atoms with van der Waals surface area (Å²) in [5.41, 5.74) is 1.30. The van der Waals surface area contributed by atoms with E-state index in [2.05, 4.69) is 9.97 Å². The van der Waals surface area contributed by atoms with Gasteiger partial charge in [0.1, 0.15) is 0 Å². The molecule has 8 heteroatoms. The van der Waals surface area contributed by atoms with Crippen LogP contribution in [0.2, 0.25) is 0 Å². The maximum atomic E-state index is 12.4. The summed E-state index contributed by atoms with van der Waals surface area (Å²) in [6.07, 6.45) is 3.08. The first-order valence-electron chi connectivity index (χ1n) is 5.87. The topological polar surface area (TPSA) is 103 Å². The second-order valence-electron chi connectivity index (χ2n) is 4.39. The minimum atomic E-state index is -3.73. The summed E-state index contributed by atoms with van der Waals surface area (Å²) in [5, 5.41) is 9.00. The van der Waals surface area contributed by atoms with Crippen LogP contribution in [-0.4, -0.2) is 36.0 Å². The number of sulfonamides is 1. The summed E-state index contributed by atoms with van der Waals surface area (Å²) in [7, 11) is -3.73. The molecular formula is C12H11N3O4S. The summed E-state index contributed by atoms with van der Waals surface area (Å²) >= 11 is 0. The number of anilines is 1. The average molecular weight is 293 g/mol. The highest BCUT2D eigenvalue weighted by Gasteiger charge is 2.32. The van der Waals surface area contributed by atoms with Crippen LogP contribution in [0.3, 0.4) is 0 Å². The quantitative estimate of drug-likeness (QED) is 0.873. The first-order valence-corrected chi connectivity index (χ1v) is 7.31. The number of H-pyrrole nitrogens is 1. The Balaban J connectivity index is 2.09. The maximum Gasteiger partial charge on any atom is 0.335 e. The number of nitrogens with zero attached hydrogens (tertiary/aromatic N) is 2. The number of hydrogen-bond acceptors (Lipinski definition) is 4. The van der Waals surface area contributed by atoms with Gasteiger partial charge in [-0.3, -0.25) is 4.31 Å². The van der Waals surface area contributed by atoms with Crippen LogP contribution in [0, 0.1) is 0 Å². The van der Waals surface area contributed by atoms with Gasteiger partial charge in [-0.1, -0.05) is 6.07 Å². The zero-order valence-corrected chi connectivity index (χ0v) is 11.1. The van der Waals surface area contributed by atoms with Crippen molar-refractivity contribution >= 4 is 21.7 Å². The van der Waals surface area contributed by atoms with Gasteiger partial charge in [0.2, 0.25) is 0 Å². The molecule has 2 heterocycles. The zero-order valence-electron chi connectivity index (χ0n) is 10.3. The Hall–Kier alpha value is -2.35. The monoisotopic (exact) mass is 293 g/mol. The fraction of sp³-hybridized carbons (Fsp3) is 0.167. The van der Waals surface area contributed by atoms with E-state index in [1.807, 2.05) is 0 Å². The van der Waals surface area contributed by atoms with Crippen LogP contribution >= 0.6 is 0 Å². The van der Waals surface area contributed by atoms with Crippen LogP contribution < -0.4 is 4.31 Å². The number of nitrogens with one attached hydrogen (secondary N) is 1. The Morgan fingerprint density at radius 2 is 2.20 bits per heavy atom. The normalized spacial score (nSPS) is 14.3. The van der Waals surface area contributed by atoms with Gasteiger partial charge >= 0.3 is 5.97 Å². The van der Waals surface area contributed by atoms with Crippen molar-refractivity contribution in [2.75, 3.05) is 10.8 Å². The van der Waals surface area contributed by atoms with Crippen LogP contribution in [0.5, 0.6) is 0 Å². The SMILES string of the molecule is O=C(O)c1ccc2c(c1)N(S(=O)(=O)c1cnc[nH]1)CC2. The first-order chi connectivity index (χ1) is 9.50. The van der Waals surface area contributed by atoms with Crippen LogP contribution in [0.25, 0.3) is 0 Å². The molecule has 1 aliphatic heterocycles. The molecule has 0 bridgehead atoms. The molecule has 0 saturated carbocycles. The molecule has 0 fully saturated rings. The molecule has 20 heavy (non-hydrogen) atoms. The second kappa shape index (κ2) is 4.34. The van der Waals surface area contributed by atoms with E-state index < -0.39 is 16.0 Å². The summed E-state index contributed by atoms with van der Waals surface area (Å²) < 4.78 is 26.1. The van der Waals surface area contributed by atoms with Crippen molar-refractivity contribution in [3.63, 3.8) is 0 Å². The molecule has 0 saturated heterocycles. The van der Waals surface area contributed by atoms with Crippen LogP contribution in [-0.2, 0) is 16.4 Å². The molecular weight excluding hydrogens is 282 g/mol. The van der Waals surface area contributed by atoms with Gasteiger partial charge in [0.25, 0.3) is 10.0 Å². The number of rotatable bonds is 3. The Kier molecular flexibility index (Phi) is 2.75. The molecule has 0 atom stereocenters. The summed E-state index contributed by atoms with van der Waals surface area (Å²) in [5.74, 6) is -1.08. The Morgan fingerprint density at radius 3 is 2.85 bits per heavy atom. The van der Waals surface area contributed by atoms with Gasteiger partial charge in [0.15, 0.2) is 5.03 Å². The van der Waals surface area contributed by atoms with Gasteiger partial charge in [0.05, 0.1) is 23.8 Å². The molecule has 0 spiro atoms. The standard InChI is InChI=1S/C12H11N3O4S/c16-12(17)9-2-1-8-3-4-15(10(8)5-9)20(18,19)11-6-13-7-14-11/h1-2,5-7H,3-4H2,(H,13,14)(H,16,17).